The van der Waals surface area contributed by atoms with Gasteiger partial charge in [0.15, 0.2) is 0 Å². The van der Waals surface area contributed by atoms with Gasteiger partial charge in [0.1, 0.15) is 12.4 Å². The highest BCUT2D eigenvalue weighted by Gasteiger charge is 2.08. The summed E-state index contributed by atoms with van der Waals surface area (Å²) in [7, 11) is 0. The van der Waals surface area contributed by atoms with Gasteiger partial charge in [-0.25, -0.2) is 4.79 Å². The van der Waals surface area contributed by atoms with Crippen molar-refractivity contribution >= 4 is 23.6 Å². The van der Waals surface area contributed by atoms with Crippen molar-refractivity contribution in [2.45, 2.75) is 0 Å². The number of rotatable bonds is 6. The zero-order valence-electron chi connectivity index (χ0n) is 9.40. The summed E-state index contributed by atoms with van der Waals surface area (Å²) >= 11 is 1.42. The number of nitrogens with zero attached hydrogens (tertiary/aromatic N) is 1. The minimum atomic E-state index is -0.839. The maximum Gasteiger partial charge on any atom is 0.513 e. The number of nitro groups is 1. The van der Waals surface area contributed by atoms with Gasteiger partial charge in [-0.1, -0.05) is 6.58 Å². The van der Waals surface area contributed by atoms with Crippen molar-refractivity contribution in [1.29, 1.82) is 0 Å². The molecule has 0 aliphatic heterocycles. The third kappa shape index (κ3) is 4.88. The Kier molecular flexibility index (Phi) is 5.72. The molecular formula is C11H11NO5S. The third-order valence-corrected chi connectivity index (χ3v) is 2.43. The first kappa shape index (κ1) is 14.0. The zero-order chi connectivity index (χ0) is 13.4. The van der Waals surface area contributed by atoms with E-state index in [0.29, 0.717) is 5.75 Å². The minimum absolute atomic E-state index is 0.0712. The molecule has 1 aromatic carbocycles. The number of ether oxygens (including phenoxy) is 2. The SMILES string of the molecule is C=CSCCOC(=O)Oc1ccc([N+](=O)[O-])cc1. The second kappa shape index (κ2) is 7.33. The summed E-state index contributed by atoms with van der Waals surface area (Å²) in [5.74, 6) is 0.792. The van der Waals surface area contributed by atoms with Crippen LogP contribution in [0.15, 0.2) is 36.3 Å². The van der Waals surface area contributed by atoms with E-state index < -0.39 is 11.1 Å². The summed E-state index contributed by atoms with van der Waals surface area (Å²) < 4.78 is 9.57. The quantitative estimate of drug-likeness (QED) is 0.260. The van der Waals surface area contributed by atoms with Crippen LogP contribution < -0.4 is 4.74 Å². The molecule has 7 heteroatoms. The Morgan fingerprint density at radius 3 is 2.67 bits per heavy atom. The van der Waals surface area contributed by atoms with Gasteiger partial charge in [0, 0.05) is 17.9 Å². The summed E-state index contributed by atoms with van der Waals surface area (Å²) in [6.07, 6.45) is -0.839. The van der Waals surface area contributed by atoms with Crippen LogP contribution in [0.25, 0.3) is 0 Å². The van der Waals surface area contributed by atoms with E-state index in [-0.39, 0.29) is 18.0 Å². The Balaban J connectivity index is 2.39. The number of hydrogen-bond donors (Lipinski definition) is 0. The number of benzene rings is 1. The molecule has 96 valence electrons. The van der Waals surface area contributed by atoms with E-state index in [4.69, 9.17) is 9.47 Å². The van der Waals surface area contributed by atoms with E-state index in [1.54, 1.807) is 5.41 Å². The molecule has 1 rings (SSSR count). The summed E-state index contributed by atoms with van der Waals surface area (Å²) in [5, 5.41) is 12.0. The van der Waals surface area contributed by atoms with Crippen LogP contribution in [0.1, 0.15) is 0 Å². The molecule has 0 radical (unpaired) electrons. The highest BCUT2D eigenvalue weighted by atomic mass is 32.2. The van der Waals surface area contributed by atoms with E-state index >= 15 is 0 Å². The normalized spacial score (nSPS) is 9.56. The van der Waals surface area contributed by atoms with Crippen molar-refractivity contribution in [1.82, 2.24) is 0 Å². The van der Waals surface area contributed by atoms with E-state index in [1.807, 2.05) is 0 Å². The Morgan fingerprint density at radius 2 is 2.11 bits per heavy atom. The Labute approximate surface area is 108 Å². The van der Waals surface area contributed by atoms with E-state index in [1.165, 1.54) is 36.0 Å². The van der Waals surface area contributed by atoms with E-state index in [0.717, 1.165) is 0 Å². The molecule has 0 saturated carbocycles. The molecule has 0 aliphatic rings. The van der Waals surface area contributed by atoms with Crippen LogP contribution in [-0.2, 0) is 4.74 Å². The van der Waals surface area contributed by atoms with Gasteiger partial charge in [0.2, 0.25) is 0 Å². The maximum absolute atomic E-state index is 11.2. The molecule has 6 nitrogen and oxygen atoms in total. The average molecular weight is 269 g/mol. The van der Waals surface area contributed by atoms with Crippen molar-refractivity contribution in [3.8, 4) is 5.75 Å². The van der Waals surface area contributed by atoms with Gasteiger partial charge in [-0.2, -0.15) is 0 Å². The van der Waals surface area contributed by atoms with Crippen molar-refractivity contribution in [3.63, 3.8) is 0 Å². The zero-order valence-corrected chi connectivity index (χ0v) is 10.2. The lowest BCUT2D eigenvalue weighted by Gasteiger charge is -2.04. The highest BCUT2D eigenvalue weighted by molar-refractivity contribution is 8.02. The summed E-state index contributed by atoms with van der Waals surface area (Å²) in [5.41, 5.74) is -0.0712. The number of nitro benzene ring substituents is 1. The average Bonchev–Trinajstić information content (AvgIpc) is 2.35. The molecule has 0 N–H and O–H groups in total. The third-order valence-electron chi connectivity index (χ3n) is 1.79. The molecule has 18 heavy (non-hydrogen) atoms. The van der Waals surface area contributed by atoms with Gasteiger partial charge < -0.3 is 9.47 Å². The largest absolute Gasteiger partial charge is 0.513 e. The topological polar surface area (TPSA) is 78.7 Å². The van der Waals surface area contributed by atoms with Crippen LogP contribution in [0.5, 0.6) is 5.75 Å². The molecule has 0 bridgehead atoms. The van der Waals surface area contributed by atoms with Crippen LogP contribution in [0.3, 0.4) is 0 Å². The molecule has 1 aromatic rings. The standard InChI is InChI=1S/C11H11NO5S/c1-2-18-8-7-16-11(13)17-10-5-3-9(4-6-10)12(14)15/h2-6H,1,7-8H2. The van der Waals surface area contributed by atoms with E-state index in [9.17, 15) is 14.9 Å². The fourth-order valence-electron chi connectivity index (χ4n) is 1.02. The first-order chi connectivity index (χ1) is 8.63. The number of carbonyl (C=O) groups excluding carboxylic acids is 1. The molecule has 0 aromatic heterocycles. The Morgan fingerprint density at radius 1 is 1.44 bits per heavy atom. The maximum atomic E-state index is 11.2. The van der Waals surface area contributed by atoms with Crippen molar-refractivity contribution in [2.24, 2.45) is 0 Å². The van der Waals surface area contributed by atoms with Crippen molar-refractivity contribution in [3.05, 3.63) is 46.4 Å². The van der Waals surface area contributed by atoms with Crippen LogP contribution in [0.4, 0.5) is 10.5 Å². The Bertz CT molecular complexity index is 432. The molecule has 0 heterocycles. The first-order valence-electron chi connectivity index (χ1n) is 4.95. The monoisotopic (exact) mass is 269 g/mol. The minimum Gasteiger partial charge on any atom is -0.433 e. The summed E-state index contributed by atoms with van der Waals surface area (Å²) in [4.78, 5) is 21.0. The predicted octanol–water partition coefficient (Wildman–Crippen LogP) is 2.99. The Hall–Kier alpha value is -2.02. The van der Waals surface area contributed by atoms with Crippen molar-refractivity contribution < 1.29 is 19.2 Å². The van der Waals surface area contributed by atoms with Crippen LogP contribution in [0, 0.1) is 10.1 Å². The molecule has 0 saturated heterocycles. The first-order valence-corrected chi connectivity index (χ1v) is 6.00. The van der Waals surface area contributed by atoms with Crippen LogP contribution in [0.2, 0.25) is 0 Å². The lowest BCUT2D eigenvalue weighted by Crippen LogP contribution is -2.12. The van der Waals surface area contributed by atoms with Gasteiger partial charge in [-0.3, -0.25) is 10.1 Å². The lowest BCUT2D eigenvalue weighted by molar-refractivity contribution is -0.384. The molecule has 0 aliphatic carbocycles. The summed E-state index contributed by atoms with van der Waals surface area (Å²) in [6.45, 7) is 3.71. The fraction of sp³-hybridized carbons (Fsp3) is 0.182. The number of thioether (sulfide) groups is 1. The lowest BCUT2D eigenvalue weighted by atomic mass is 10.3. The molecule has 0 amide bonds. The molecule has 0 spiro atoms. The highest BCUT2D eigenvalue weighted by Crippen LogP contribution is 2.17. The van der Waals surface area contributed by atoms with Gasteiger partial charge >= 0.3 is 6.16 Å². The summed E-state index contributed by atoms with van der Waals surface area (Å²) in [6, 6.07) is 5.15. The van der Waals surface area contributed by atoms with Gasteiger partial charge in [0.05, 0.1) is 4.92 Å². The van der Waals surface area contributed by atoms with Gasteiger partial charge in [-0.15, -0.1) is 11.8 Å². The van der Waals surface area contributed by atoms with E-state index in [2.05, 4.69) is 6.58 Å². The van der Waals surface area contributed by atoms with Crippen molar-refractivity contribution in [2.75, 3.05) is 12.4 Å². The molecule has 0 unspecified atom stereocenters. The molecule has 0 atom stereocenters. The van der Waals surface area contributed by atoms with Crippen LogP contribution >= 0.6 is 11.8 Å². The van der Waals surface area contributed by atoms with Crippen LogP contribution in [-0.4, -0.2) is 23.4 Å². The number of carbonyl (C=O) groups is 1. The number of hydrogen-bond acceptors (Lipinski definition) is 6. The number of non-ortho nitro benzene ring substituents is 1. The smallest absolute Gasteiger partial charge is 0.433 e. The second-order valence-electron chi connectivity index (χ2n) is 2.99. The second-order valence-corrected chi connectivity index (χ2v) is 4.06. The van der Waals surface area contributed by atoms with Gasteiger partial charge in [0.25, 0.3) is 5.69 Å². The predicted molar refractivity (Wildman–Crippen MR) is 67.7 cm³/mol. The fourth-order valence-corrected chi connectivity index (χ4v) is 1.36. The molecule has 0 fully saturated rings. The van der Waals surface area contributed by atoms with Gasteiger partial charge in [-0.05, 0) is 17.5 Å². The molecular weight excluding hydrogens is 258 g/mol.